The van der Waals surface area contributed by atoms with Gasteiger partial charge in [0, 0.05) is 22.2 Å². The summed E-state index contributed by atoms with van der Waals surface area (Å²) in [5.74, 6) is 0.0302. The van der Waals surface area contributed by atoms with Gasteiger partial charge in [-0.3, -0.25) is 9.78 Å². The highest BCUT2D eigenvalue weighted by molar-refractivity contribution is 6.10. The van der Waals surface area contributed by atoms with Crippen molar-refractivity contribution in [2.45, 2.75) is 26.7 Å². The zero-order chi connectivity index (χ0) is 21.1. The maximum Gasteiger partial charge on any atom is 0.162 e. The van der Waals surface area contributed by atoms with E-state index in [0.29, 0.717) is 11.1 Å². The van der Waals surface area contributed by atoms with E-state index in [9.17, 15) is 4.79 Å². The Bertz CT molecular complexity index is 1280. The summed E-state index contributed by atoms with van der Waals surface area (Å²) in [7, 11) is 0. The minimum Gasteiger partial charge on any atom is -0.294 e. The van der Waals surface area contributed by atoms with Crippen molar-refractivity contribution in [3.05, 3.63) is 101 Å². The number of hydrogen-bond acceptors (Lipinski definition) is 3. The zero-order valence-electron chi connectivity index (χ0n) is 17.1. The number of nitrogens with zero attached hydrogens (tertiary/aromatic N) is 2. The summed E-state index contributed by atoms with van der Waals surface area (Å²) in [6, 6.07) is 26.2. The lowest BCUT2D eigenvalue weighted by atomic mass is 9.88. The van der Waals surface area contributed by atoms with Crippen LogP contribution in [0.25, 0.3) is 22.0 Å². The van der Waals surface area contributed by atoms with Crippen LogP contribution < -0.4 is 0 Å². The molecule has 4 aromatic rings. The van der Waals surface area contributed by atoms with E-state index in [-0.39, 0.29) is 5.78 Å². The molecule has 0 fully saturated rings. The molecule has 4 rings (SSSR count). The van der Waals surface area contributed by atoms with Crippen molar-refractivity contribution in [2.24, 2.45) is 0 Å². The number of hydrogen-bond donors (Lipinski definition) is 0. The summed E-state index contributed by atoms with van der Waals surface area (Å²) >= 11 is 0. The summed E-state index contributed by atoms with van der Waals surface area (Å²) in [5.41, 5.74) is 7.46. The molecule has 0 aliphatic rings. The first-order chi connectivity index (χ1) is 14.6. The molecule has 0 saturated carbocycles. The molecular formula is C27H22N2O. The first-order valence-corrected chi connectivity index (χ1v) is 10.1. The molecule has 0 aliphatic carbocycles. The molecule has 0 amide bonds. The van der Waals surface area contributed by atoms with Crippen LogP contribution in [0.15, 0.2) is 72.8 Å². The highest BCUT2D eigenvalue weighted by Gasteiger charge is 2.19. The van der Waals surface area contributed by atoms with Crippen LogP contribution in [-0.4, -0.2) is 10.8 Å². The molecule has 0 atom stereocenters. The van der Waals surface area contributed by atoms with E-state index in [1.807, 2.05) is 67.6 Å². The molecule has 1 heterocycles. The van der Waals surface area contributed by atoms with Gasteiger partial charge in [0.2, 0.25) is 0 Å². The Kier molecular flexibility index (Phi) is 5.41. The number of para-hydroxylation sites is 1. The number of aryl methyl sites for hydroxylation is 3. The summed E-state index contributed by atoms with van der Waals surface area (Å²) in [5, 5.41) is 10.00. The van der Waals surface area contributed by atoms with Gasteiger partial charge < -0.3 is 0 Å². The predicted molar refractivity (Wildman–Crippen MR) is 120 cm³/mol. The average molecular weight is 390 g/mol. The van der Waals surface area contributed by atoms with Crippen LogP contribution in [0.2, 0.25) is 0 Å². The molecule has 0 N–H and O–H groups in total. The van der Waals surface area contributed by atoms with Crippen molar-refractivity contribution >= 4 is 16.7 Å². The van der Waals surface area contributed by atoms with E-state index < -0.39 is 0 Å². The van der Waals surface area contributed by atoms with E-state index >= 15 is 0 Å². The third kappa shape index (κ3) is 3.73. The average Bonchev–Trinajstić information content (AvgIpc) is 2.77. The second kappa shape index (κ2) is 8.31. The number of aromatic nitrogens is 1. The Morgan fingerprint density at radius 2 is 1.63 bits per heavy atom. The van der Waals surface area contributed by atoms with Crippen LogP contribution in [0.1, 0.15) is 39.7 Å². The van der Waals surface area contributed by atoms with Gasteiger partial charge in [-0.2, -0.15) is 5.26 Å². The number of carbonyl (C=O) groups is 1. The highest BCUT2D eigenvalue weighted by Crippen LogP contribution is 2.35. The molecule has 0 spiro atoms. The molecule has 0 radical (unpaired) electrons. The normalized spacial score (nSPS) is 10.7. The fourth-order valence-corrected chi connectivity index (χ4v) is 4.05. The fraction of sp³-hybridized carbons (Fsp3) is 0.148. The van der Waals surface area contributed by atoms with Crippen molar-refractivity contribution in [3.63, 3.8) is 0 Å². The number of benzene rings is 3. The molecule has 30 heavy (non-hydrogen) atoms. The third-order valence-electron chi connectivity index (χ3n) is 5.48. The molecule has 1 aromatic heterocycles. The smallest absolute Gasteiger partial charge is 0.162 e. The van der Waals surface area contributed by atoms with Crippen LogP contribution in [0.3, 0.4) is 0 Å². The Hall–Kier alpha value is -3.77. The SMILES string of the molecule is CC(=O)c1c(C)nc2ccccc2c1-c1ccccc1CCc1ccc(C#N)cc1. The largest absolute Gasteiger partial charge is 0.294 e. The van der Waals surface area contributed by atoms with Gasteiger partial charge in [-0.1, -0.05) is 54.6 Å². The van der Waals surface area contributed by atoms with Crippen molar-refractivity contribution in [1.82, 2.24) is 4.98 Å². The lowest BCUT2D eigenvalue weighted by molar-refractivity contribution is 0.101. The van der Waals surface area contributed by atoms with E-state index in [2.05, 4.69) is 23.2 Å². The van der Waals surface area contributed by atoms with E-state index in [1.54, 1.807) is 6.92 Å². The van der Waals surface area contributed by atoms with Crippen LogP contribution in [0.4, 0.5) is 0 Å². The molecule has 0 bridgehead atoms. The Labute approximate surface area is 176 Å². The number of ketones is 1. The zero-order valence-corrected chi connectivity index (χ0v) is 17.1. The van der Waals surface area contributed by atoms with E-state index in [0.717, 1.165) is 40.6 Å². The molecular weight excluding hydrogens is 368 g/mol. The second-order valence-electron chi connectivity index (χ2n) is 7.49. The van der Waals surface area contributed by atoms with Crippen molar-refractivity contribution < 1.29 is 4.79 Å². The van der Waals surface area contributed by atoms with Crippen LogP contribution in [-0.2, 0) is 12.8 Å². The number of pyridine rings is 1. The third-order valence-corrected chi connectivity index (χ3v) is 5.48. The minimum absolute atomic E-state index is 0.0302. The number of fused-ring (bicyclic) bond motifs is 1. The van der Waals surface area contributed by atoms with Crippen LogP contribution >= 0.6 is 0 Å². The minimum atomic E-state index is 0.0302. The summed E-state index contributed by atoms with van der Waals surface area (Å²) < 4.78 is 0. The molecule has 0 aliphatic heterocycles. The quantitative estimate of drug-likeness (QED) is 0.389. The molecule has 0 saturated heterocycles. The van der Waals surface area contributed by atoms with Gasteiger partial charge in [-0.05, 0) is 61.6 Å². The monoisotopic (exact) mass is 390 g/mol. The summed E-state index contributed by atoms with van der Waals surface area (Å²) in [4.78, 5) is 17.3. The van der Waals surface area contributed by atoms with E-state index in [4.69, 9.17) is 5.26 Å². The van der Waals surface area contributed by atoms with Crippen molar-refractivity contribution in [1.29, 1.82) is 5.26 Å². The van der Waals surface area contributed by atoms with E-state index in [1.165, 1.54) is 11.1 Å². The van der Waals surface area contributed by atoms with Crippen molar-refractivity contribution in [3.8, 4) is 17.2 Å². The lowest BCUT2D eigenvalue weighted by Gasteiger charge is -2.17. The van der Waals surface area contributed by atoms with Gasteiger partial charge in [-0.25, -0.2) is 0 Å². The molecule has 0 unspecified atom stereocenters. The Balaban J connectivity index is 1.82. The Morgan fingerprint density at radius 3 is 2.37 bits per heavy atom. The predicted octanol–water partition coefficient (Wildman–Crippen LogP) is 6.07. The van der Waals surface area contributed by atoms with Gasteiger partial charge >= 0.3 is 0 Å². The maximum absolute atomic E-state index is 12.6. The van der Waals surface area contributed by atoms with Crippen molar-refractivity contribution in [2.75, 3.05) is 0 Å². The maximum atomic E-state index is 12.6. The van der Waals surface area contributed by atoms with Crippen LogP contribution in [0, 0.1) is 18.3 Å². The molecule has 3 nitrogen and oxygen atoms in total. The number of carbonyl (C=O) groups excluding carboxylic acids is 1. The van der Waals surface area contributed by atoms with Crippen LogP contribution in [0.5, 0.6) is 0 Å². The Morgan fingerprint density at radius 1 is 0.933 bits per heavy atom. The van der Waals surface area contributed by atoms with Gasteiger partial charge in [0.1, 0.15) is 0 Å². The van der Waals surface area contributed by atoms with Gasteiger partial charge in [0.15, 0.2) is 5.78 Å². The van der Waals surface area contributed by atoms with Gasteiger partial charge in [0.25, 0.3) is 0 Å². The van der Waals surface area contributed by atoms with Gasteiger partial charge in [0.05, 0.1) is 17.1 Å². The van der Waals surface area contributed by atoms with Gasteiger partial charge in [-0.15, -0.1) is 0 Å². The second-order valence-corrected chi connectivity index (χ2v) is 7.49. The number of Topliss-reactive ketones (excluding diaryl/α,β-unsaturated/α-hetero) is 1. The molecule has 3 heteroatoms. The number of nitriles is 1. The molecule has 146 valence electrons. The lowest BCUT2D eigenvalue weighted by Crippen LogP contribution is -2.05. The fourth-order valence-electron chi connectivity index (χ4n) is 4.05. The standard InChI is InChI=1S/C27H22N2O/c1-18-26(19(2)30)27(24-9-5-6-10-25(24)29-18)23-8-4-3-7-22(23)16-15-20-11-13-21(17-28)14-12-20/h3-14H,15-16H2,1-2H3. The number of rotatable bonds is 5. The first kappa shape index (κ1) is 19.5. The summed E-state index contributed by atoms with van der Waals surface area (Å²) in [6.45, 7) is 3.52. The first-order valence-electron chi connectivity index (χ1n) is 10.1. The molecule has 3 aromatic carbocycles. The highest BCUT2D eigenvalue weighted by atomic mass is 16.1. The summed E-state index contributed by atoms with van der Waals surface area (Å²) in [6.07, 6.45) is 1.70. The topological polar surface area (TPSA) is 53.8 Å².